The summed E-state index contributed by atoms with van der Waals surface area (Å²) in [4.78, 5) is 14.0. The molecule has 5 rings (SSSR count). The van der Waals surface area contributed by atoms with Crippen molar-refractivity contribution in [3.8, 4) is 5.75 Å². The summed E-state index contributed by atoms with van der Waals surface area (Å²) in [7, 11) is 0.891. The van der Waals surface area contributed by atoms with Crippen LogP contribution in [0.15, 0.2) is 146 Å². The van der Waals surface area contributed by atoms with Crippen molar-refractivity contribution >= 4 is 47.6 Å². The van der Waals surface area contributed by atoms with Crippen LogP contribution in [0.5, 0.6) is 5.75 Å². The number of carbonyl (C=O) groups is 1. The molecule has 0 aliphatic rings. The summed E-state index contributed by atoms with van der Waals surface area (Å²) in [6.07, 6.45) is 0. The van der Waals surface area contributed by atoms with Crippen molar-refractivity contribution in [1.82, 2.24) is 0 Å². The Balaban J connectivity index is 1.76. The highest BCUT2D eigenvalue weighted by Crippen LogP contribution is 2.55. The Bertz CT molecular complexity index is 1430. The summed E-state index contributed by atoms with van der Waals surface area (Å²) < 4.78 is 5.33. The Morgan fingerprint density at radius 2 is 1.05 bits per heavy atom. The summed E-state index contributed by atoms with van der Waals surface area (Å²) in [5.74, 6) is 3.71. The van der Waals surface area contributed by atoms with Crippen LogP contribution in [-0.4, -0.2) is 24.6 Å². The lowest BCUT2D eigenvalue weighted by Crippen LogP contribution is -2.26. The van der Waals surface area contributed by atoms with E-state index in [4.69, 9.17) is 4.74 Å². The molecule has 4 heteroatoms. The number of hydrogen-bond acceptors (Lipinski definition) is 2. The summed E-state index contributed by atoms with van der Waals surface area (Å²) in [5.41, 5.74) is 0.672. The predicted octanol–water partition coefficient (Wildman–Crippen LogP) is 6.44. The molecule has 5 aromatic rings. The Morgan fingerprint density at radius 1 is 0.632 bits per heavy atom. The van der Waals surface area contributed by atoms with Gasteiger partial charge >= 0.3 is 0 Å². The molecule has 0 N–H and O–H groups in total. The quantitative estimate of drug-likeness (QED) is 0.161. The first-order valence-electron chi connectivity index (χ1n) is 12.6. The monoisotopic (exact) mass is 532 g/mol. The average molecular weight is 533 g/mol. The topological polar surface area (TPSA) is 26.3 Å². The number of ketones is 1. The zero-order valence-electron chi connectivity index (χ0n) is 21.4. The van der Waals surface area contributed by atoms with Gasteiger partial charge in [0.25, 0.3) is 0 Å². The van der Waals surface area contributed by atoms with Crippen molar-refractivity contribution in [2.24, 2.45) is 0 Å². The lowest BCUT2D eigenvalue weighted by atomic mass is 10.1. The molecule has 0 heterocycles. The smallest absolute Gasteiger partial charge is 0.186 e. The molecule has 0 aliphatic heterocycles. The highest BCUT2D eigenvalue weighted by molar-refractivity contribution is 7.98. The maximum absolute atomic E-state index is 14.0. The largest absolute Gasteiger partial charge is 0.497 e. The second-order valence-corrected chi connectivity index (χ2v) is 15.1. The summed E-state index contributed by atoms with van der Waals surface area (Å²) >= 11 is 0. The first-order valence-corrected chi connectivity index (χ1v) is 16.2. The average Bonchev–Trinajstić information content (AvgIpc) is 3.01. The van der Waals surface area contributed by atoms with E-state index in [9.17, 15) is 4.79 Å². The molecular formula is C34H30O2P2. The molecule has 0 saturated carbocycles. The highest BCUT2D eigenvalue weighted by atomic mass is 31.2. The van der Waals surface area contributed by atoms with Crippen LogP contribution in [-0.2, 0) is 0 Å². The van der Waals surface area contributed by atoms with Gasteiger partial charge in [0.2, 0.25) is 0 Å². The standard InChI is InChI=1S/C34H30O2P2/c1-36-29-24-22-28(23-25-29)34(35)26-38(32-18-10-4-11-19-32,33-20-12-5-13-21-33)27-37(30-14-6-2-7-15-30)31-16-8-3-9-17-31/h2-26H,27H2,1H3. The van der Waals surface area contributed by atoms with Crippen LogP contribution in [0.3, 0.4) is 0 Å². The normalized spacial score (nSPS) is 11.2. The van der Waals surface area contributed by atoms with Gasteiger partial charge in [-0.25, -0.2) is 0 Å². The van der Waals surface area contributed by atoms with Crippen LogP contribution in [0, 0.1) is 0 Å². The van der Waals surface area contributed by atoms with E-state index in [1.165, 1.54) is 21.2 Å². The molecule has 0 aromatic heterocycles. The number of ether oxygens (including phenoxy) is 1. The van der Waals surface area contributed by atoms with Gasteiger partial charge in [-0.2, -0.15) is 0 Å². The molecule has 38 heavy (non-hydrogen) atoms. The van der Waals surface area contributed by atoms with Gasteiger partial charge in [0, 0.05) is 11.5 Å². The SMILES string of the molecule is COc1ccc(C(=O)C=P(CP(c2ccccc2)c2ccccc2)(c2ccccc2)c2ccccc2)cc1. The van der Waals surface area contributed by atoms with E-state index >= 15 is 0 Å². The zero-order chi connectivity index (χ0) is 26.2. The van der Waals surface area contributed by atoms with Gasteiger partial charge in [-0.15, -0.1) is 0 Å². The first-order chi connectivity index (χ1) is 18.7. The molecule has 5 aromatic carbocycles. The molecule has 0 bridgehead atoms. The molecule has 0 amide bonds. The van der Waals surface area contributed by atoms with Gasteiger partial charge in [-0.1, -0.05) is 121 Å². The molecule has 0 saturated heterocycles. The van der Waals surface area contributed by atoms with Crippen LogP contribution in [0.4, 0.5) is 0 Å². The van der Waals surface area contributed by atoms with E-state index in [1.807, 2.05) is 36.4 Å². The van der Waals surface area contributed by atoms with Gasteiger partial charge in [0.15, 0.2) is 5.78 Å². The molecular weight excluding hydrogens is 502 g/mol. The Morgan fingerprint density at radius 3 is 1.47 bits per heavy atom. The van der Waals surface area contributed by atoms with Crippen molar-refractivity contribution < 1.29 is 9.53 Å². The fourth-order valence-electron chi connectivity index (χ4n) is 4.67. The van der Waals surface area contributed by atoms with Gasteiger partial charge in [0.05, 0.1) is 7.11 Å². The maximum Gasteiger partial charge on any atom is 0.186 e. The van der Waals surface area contributed by atoms with E-state index in [0.717, 1.165) is 11.7 Å². The van der Waals surface area contributed by atoms with E-state index < -0.39 is 14.8 Å². The van der Waals surface area contributed by atoms with Crippen molar-refractivity contribution in [3.05, 3.63) is 151 Å². The van der Waals surface area contributed by atoms with E-state index in [-0.39, 0.29) is 5.78 Å². The molecule has 0 spiro atoms. The van der Waals surface area contributed by atoms with Crippen molar-refractivity contribution in [3.63, 3.8) is 0 Å². The van der Waals surface area contributed by atoms with Gasteiger partial charge in [-0.3, -0.25) is 4.79 Å². The van der Waals surface area contributed by atoms with E-state index in [0.29, 0.717) is 5.56 Å². The minimum atomic E-state index is -2.31. The molecule has 188 valence electrons. The second-order valence-electron chi connectivity index (χ2n) is 9.00. The predicted molar refractivity (Wildman–Crippen MR) is 166 cm³/mol. The Labute approximate surface area is 226 Å². The molecule has 0 aliphatic carbocycles. The van der Waals surface area contributed by atoms with Crippen LogP contribution in [0.2, 0.25) is 0 Å². The van der Waals surface area contributed by atoms with Crippen molar-refractivity contribution in [2.75, 3.05) is 13.0 Å². The molecule has 2 nitrogen and oxygen atoms in total. The summed E-state index contributed by atoms with van der Waals surface area (Å²) in [6, 6.07) is 50.2. The van der Waals surface area contributed by atoms with Crippen LogP contribution in [0.25, 0.3) is 0 Å². The summed E-state index contributed by atoms with van der Waals surface area (Å²) in [5, 5.41) is 5.06. The maximum atomic E-state index is 14.0. The van der Waals surface area contributed by atoms with Crippen molar-refractivity contribution in [2.45, 2.75) is 0 Å². The zero-order valence-corrected chi connectivity index (χ0v) is 23.1. The van der Waals surface area contributed by atoms with Crippen molar-refractivity contribution in [1.29, 1.82) is 0 Å². The van der Waals surface area contributed by atoms with Crippen LogP contribution in [0.1, 0.15) is 10.4 Å². The minimum Gasteiger partial charge on any atom is -0.497 e. The van der Waals surface area contributed by atoms with E-state index in [1.54, 1.807) is 7.11 Å². The lowest BCUT2D eigenvalue weighted by molar-refractivity contribution is 0.107. The third-order valence-corrected chi connectivity index (χ3v) is 14.5. The molecule has 0 fully saturated rings. The first kappa shape index (κ1) is 25.9. The number of rotatable bonds is 9. The van der Waals surface area contributed by atoms with Gasteiger partial charge < -0.3 is 4.74 Å². The third kappa shape index (κ3) is 5.73. The van der Waals surface area contributed by atoms with Gasteiger partial charge in [0.1, 0.15) is 5.75 Å². The minimum absolute atomic E-state index is 0.0461. The van der Waals surface area contributed by atoms with Crippen LogP contribution < -0.4 is 26.0 Å². The number of carbonyl (C=O) groups excluding carboxylic acids is 1. The molecule has 0 radical (unpaired) electrons. The lowest BCUT2D eigenvalue weighted by Gasteiger charge is -2.32. The number of Topliss-reactive ketones (excluding diaryl/α,β-unsaturated/α-hetero) is 1. The van der Waals surface area contributed by atoms with Gasteiger partial charge in [-0.05, 0) is 66.1 Å². The third-order valence-electron chi connectivity index (χ3n) is 6.65. The molecule has 0 unspecified atom stereocenters. The number of methoxy groups -OCH3 is 1. The number of hydrogen-bond donors (Lipinski definition) is 0. The van der Waals surface area contributed by atoms with Crippen LogP contribution >= 0.6 is 14.8 Å². The second kappa shape index (κ2) is 12.2. The highest BCUT2D eigenvalue weighted by Gasteiger charge is 2.29. The summed E-state index contributed by atoms with van der Waals surface area (Å²) in [6.45, 7) is -2.31. The Hall–Kier alpha value is -3.70. The fourth-order valence-corrected chi connectivity index (χ4v) is 13.3. The molecule has 0 atom stereocenters. The van der Waals surface area contributed by atoms with E-state index in [2.05, 4.69) is 115 Å². The number of benzene rings is 5. The Kier molecular flexibility index (Phi) is 8.34. The fraction of sp³-hybridized carbons (Fsp3) is 0.0588.